The topological polar surface area (TPSA) is 105 Å². The third kappa shape index (κ3) is 2.95. The Morgan fingerprint density at radius 2 is 1.78 bits per heavy atom. The van der Waals surface area contributed by atoms with E-state index in [0.717, 1.165) is 5.56 Å². The van der Waals surface area contributed by atoms with Crippen molar-refractivity contribution in [1.29, 1.82) is 0 Å². The molecule has 1 fully saturated rings. The normalized spacial score (nSPS) is 20.1. The molecule has 0 bridgehead atoms. The molecule has 1 saturated heterocycles. The van der Waals surface area contributed by atoms with E-state index < -0.39 is 12.1 Å². The van der Waals surface area contributed by atoms with Gasteiger partial charge in [-0.05, 0) is 42.0 Å². The zero-order valence-corrected chi connectivity index (χ0v) is 19.0. The largest absolute Gasteiger partial charge is 0.454 e. The van der Waals surface area contributed by atoms with Gasteiger partial charge >= 0.3 is 0 Å². The first-order valence-corrected chi connectivity index (χ1v) is 11.6. The van der Waals surface area contributed by atoms with E-state index in [0.29, 0.717) is 39.4 Å². The minimum Gasteiger partial charge on any atom is -0.454 e. The maximum absolute atomic E-state index is 13.9. The van der Waals surface area contributed by atoms with E-state index in [9.17, 15) is 14.4 Å². The number of para-hydroxylation sites is 1. The van der Waals surface area contributed by atoms with Gasteiger partial charge < -0.3 is 24.3 Å². The summed E-state index contributed by atoms with van der Waals surface area (Å²) in [6.07, 6.45) is 1.65. The maximum Gasteiger partial charge on any atom is 0.251 e. The summed E-state index contributed by atoms with van der Waals surface area (Å²) in [5, 5.41) is 0.477. The van der Waals surface area contributed by atoms with Gasteiger partial charge in [0, 0.05) is 17.1 Å². The second-order valence-corrected chi connectivity index (χ2v) is 9.06. The smallest absolute Gasteiger partial charge is 0.251 e. The predicted octanol–water partition coefficient (Wildman–Crippen LogP) is 2.67. The van der Waals surface area contributed by atoms with E-state index >= 15 is 0 Å². The third-order valence-corrected chi connectivity index (χ3v) is 7.03. The number of ether oxygens (including phenoxy) is 2. The second kappa shape index (κ2) is 7.67. The number of hydrogen-bond acceptors (Lipinski definition) is 6. The van der Waals surface area contributed by atoms with Gasteiger partial charge in [-0.15, -0.1) is 0 Å². The van der Waals surface area contributed by atoms with E-state index in [4.69, 9.17) is 9.47 Å². The first-order chi connectivity index (χ1) is 17.6. The molecule has 1 N–H and O–H groups in total. The first-order valence-electron chi connectivity index (χ1n) is 11.6. The lowest BCUT2D eigenvalue weighted by Gasteiger charge is -2.39. The van der Waals surface area contributed by atoms with Gasteiger partial charge in [0.2, 0.25) is 12.7 Å². The number of aromatic nitrogens is 2. The predicted molar refractivity (Wildman–Crippen MR) is 128 cm³/mol. The van der Waals surface area contributed by atoms with Crippen LogP contribution in [0.2, 0.25) is 0 Å². The molecule has 0 spiro atoms. The van der Waals surface area contributed by atoms with Crippen LogP contribution in [0, 0.1) is 0 Å². The molecule has 9 heteroatoms. The number of benzene rings is 2. The Balaban J connectivity index is 1.41. The fourth-order valence-electron chi connectivity index (χ4n) is 5.44. The van der Waals surface area contributed by atoms with Crippen LogP contribution in [0.15, 0.2) is 71.7 Å². The summed E-state index contributed by atoms with van der Waals surface area (Å²) in [7, 11) is 0. The Morgan fingerprint density at radius 1 is 0.944 bits per heavy atom. The molecule has 36 heavy (non-hydrogen) atoms. The molecule has 3 aliphatic heterocycles. The Bertz CT molecular complexity index is 1620. The summed E-state index contributed by atoms with van der Waals surface area (Å²) < 4.78 is 11.0. The number of nitrogens with one attached hydrogen (secondary N) is 1. The Morgan fingerprint density at radius 3 is 2.64 bits per heavy atom. The quantitative estimate of drug-likeness (QED) is 0.484. The molecule has 9 nitrogen and oxygen atoms in total. The van der Waals surface area contributed by atoms with Crippen LogP contribution < -0.4 is 14.9 Å². The third-order valence-electron chi connectivity index (χ3n) is 7.03. The highest BCUT2D eigenvalue weighted by atomic mass is 16.7. The van der Waals surface area contributed by atoms with E-state index in [2.05, 4.69) is 9.97 Å². The van der Waals surface area contributed by atoms with Crippen LogP contribution >= 0.6 is 0 Å². The number of fused-ring (bicyclic) bond motifs is 5. The van der Waals surface area contributed by atoms with Crippen molar-refractivity contribution in [2.75, 3.05) is 13.3 Å². The Kier molecular flexibility index (Phi) is 4.41. The molecular formula is C27H20N4O5. The van der Waals surface area contributed by atoms with E-state index in [1.807, 2.05) is 36.4 Å². The van der Waals surface area contributed by atoms with Gasteiger partial charge in [0.1, 0.15) is 12.6 Å². The highest BCUT2D eigenvalue weighted by Gasteiger charge is 2.52. The van der Waals surface area contributed by atoms with Crippen LogP contribution in [0.5, 0.6) is 11.5 Å². The zero-order chi connectivity index (χ0) is 24.4. The standard InChI is InChI=1S/C27H20N4O5/c32-21-13-30(12-16-5-3-4-10-28-16)27(34)25-22-23(29-18-7-2-1-6-17(18)26(22)33)24(31(21)25)15-8-9-19-20(11-15)36-14-35-19/h1-11,24-25H,12-14H2,(H,29,33). The molecule has 0 aliphatic carbocycles. The minimum atomic E-state index is -1.03. The molecule has 0 saturated carbocycles. The number of aromatic amines is 1. The number of H-pyrrole nitrogens is 1. The van der Waals surface area contributed by atoms with Gasteiger partial charge in [-0.2, -0.15) is 0 Å². The monoisotopic (exact) mass is 480 g/mol. The van der Waals surface area contributed by atoms with Crippen molar-refractivity contribution in [3.63, 3.8) is 0 Å². The van der Waals surface area contributed by atoms with Gasteiger partial charge in [0.15, 0.2) is 16.9 Å². The summed E-state index contributed by atoms with van der Waals surface area (Å²) in [5.41, 5.74) is 2.65. The molecule has 2 unspecified atom stereocenters. The van der Waals surface area contributed by atoms with Gasteiger partial charge in [-0.25, -0.2) is 0 Å². The minimum absolute atomic E-state index is 0.103. The summed E-state index contributed by atoms with van der Waals surface area (Å²) in [4.78, 5) is 52.0. The summed E-state index contributed by atoms with van der Waals surface area (Å²) in [6.45, 7) is 0.202. The van der Waals surface area contributed by atoms with Crippen LogP contribution in [-0.4, -0.2) is 44.9 Å². The van der Waals surface area contributed by atoms with Crippen LogP contribution in [0.1, 0.15) is 34.6 Å². The van der Waals surface area contributed by atoms with Crippen molar-refractivity contribution >= 4 is 22.7 Å². The van der Waals surface area contributed by atoms with Crippen molar-refractivity contribution in [2.45, 2.75) is 18.6 Å². The van der Waals surface area contributed by atoms with Gasteiger partial charge in [-0.1, -0.05) is 24.3 Å². The zero-order valence-electron chi connectivity index (χ0n) is 19.0. The van der Waals surface area contributed by atoms with Crippen LogP contribution in [-0.2, 0) is 16.1 Å². The van der Waals surface area contributed by atoms with Crippen molar-refractivity contribution in [3.8, 4) is 11.5 Å². The molecule has 4 aromatic rings. The highest BCUT2D eigenvalue weighted by Crippen LogP contribution is 2.48. The fraction of sp³-hybridized carbons (Fsp3) is 0.185. The molecule has 3 aliphatic rings. The van der Waals surface area contributed by atoms with Crippen molar-refractivity contribution < 1.29 is 19.1 Å². The molecule has 178 valence electrons. The number of rotatable bonds is 3. The molecule has 0 radical (unpaired) electrons. The summed E-state index contributed by atoms with van der Waals surface area (Å²) >= 11 is 0. The number of pyridine rings is 2. The number of carbonyl (C=O) groups is 2. The van der Waals surface area contributed by atoms with Crippen LogP contribution in [0.3, 0.4) is 0 Å². The first kappa shape index (κ1) is 20.7. The van der Waals surface area contributed by atoms with Crippen LogP contribution in [0.4, 0.5) is 0 Å². The number of nitrogens with zero attached hydrogens (tertiary/aromatic N) is 3. The lowest BCUT2D eigenvalue weighted by molar-refractivity contribution is -0.157. The lowest BCUT2D eigenvalue weighted by Crippen LogP contribution is -2.54. The molecule has 2 amide bonds. The number of amides is 2. The average Bonchev–Trinajstić information content (AvgIpc) is 3.50. The Labute approximate surface area is 204 Å². The molecule has 2 aromatic heterocycles. The maximum atomic E-state index is 13.9. The van der Waals surface area contributed by atoms with Crippen molar-refractivity contribution in [1.82, 2.24) is 19.8 Å². The molecule has 2 aromatic carbocycles. The molecule has 2 atom stereocenters. The summed E-state index contributed by atoms with van der Waals surface area (Å²) in [5.74, 6) is 0.632. The van der Waals surface area contributed by atoms with Gasteiger partial charge in [0.25, 0.3) is 5.91 Å². The number of carbonyl (C=O) groups excluding carboxylic acids is 2. The van der Waals surface area contributed by atoms with Crippen molar-refractivity contribution in [3.05, 3.63) is 99.6 Å². The van der Waals surface area contributed by atoms with Crippen LogP contribution in [0.25, 0.3) is 10.9 Å². The Hall–Kier alpha value is -4.66. The van der Waals surface area contributed by atoms with Crippen molar-refractivity contribution in [2.24, 2.45) is 0 Å². The summed E-state index contributed by atoms with van der Waals surface area (Å²) in [6, 6.07) is 16.4. The number of hydrogen-bond donors (Lipinski definition) is 1. The molecular weight excluding hydrogens is 460 g/mol. The average molecular weight is 480 g/mol. The van der Waals surface area contributed by atoms with Gasteiger partial charge in [0.05, 0.1) is 29.5 Å². The molecule has 7 rings (SSSR count). The lowest BCUT2D eigenvalue weighted by atomic mass is 9.99. The SMILES string of the molecule is O=C1C2c3c([nH]c4ccccc4c3=O)C(c3ccc4c(c3)OCO4)N2C(=O)CN1Cc1ccccn1. The molecule has 5 heterocycles. The van der Waals surface area contributed by atoms with E-state index in [1.165, 1.54) is 9.80 Å². The second-order valence-electron chi connectivity index (χ2n) is 9.06. The highest BCUT2D eigenvalue weighted by molar-refractivity contribution is 5.98. The van der Waals surface area contributed by atoms with Gasteiger partial charge in [-0.3, -0.25) is 19.4 Å². The fourth-order valence-corrected chi connectivity index (χ4v) is 5.44. The van der Waals surface area contributed by atoms with E-state index in [1.54, 1.807) is 30.5 Å². The number of piperazine rings is 1. The van der Waals surface area contributed by atoms with E-state index in [-0.39, 0.29) is 37.1 Å².